The molecular formula is C23H36N4O2. The number of guanidine groups is 1. The quantitative estimate of drug-likeness (QED) is 0.379. The topological polar surface area (TPSA) is 66.0 Å². The van der Waals surface area contributed by atoms with Crippen LogP contribution in [0.4, 0.5) is 0 Å². The van der Waals surface area contributed by atoms with Crippen LogP contribution in [0.3, 0.4) is 0 Å². The van der Waals surface area contributed by atoms with Crippen molar-refractivity contribution in [3.8, 4) is 0 Å². The van der Waals surface area contributed by atoms with Gasteiger partial charge >= 0.3 is 0 Å². The molecule has 0 saturated heterocycles. The van der Waals surface area contributed by atoms with Crippen LogP contribution < -0.4 is 10.6 Å². The molecule has 1 heterocycles. The Bertz CT molecular complexity index is 646. The van der Waals surface area contributed by atoms with E-state index in [1.54, 1.807) is 7.05 Å². The van der Waals surface area contributed by atoms with E-state index in [-0.39, 0.29) is 5.91 Å². The van der Waals surface area contributed by atoms with Gasteiger partial charge in [-0.3, -0.25) is 9.79 Å². The Labute approximate surface area is 175 Å². The van der Waals surface area contributed by atoms with Crippen LogP contribution in [-0.2, 0) is 22.6 Å². The van der Waals surface area contributed by atoms with Gasteiger partial charge in [0, 0.05) is 46.3 Å². The SMILES string of the molecule is CN=C(NCCCOC1CCCCC1)NCCCC(=O)N1Cc2ccccc2C1. The number of fused-ring (bicyclic) bond motifs is 1. The van der Waals surface area contributed by atoms with E-state index < -0.39 is 0 Å². The maximum atomic E-state index is 12.4. The average molecular weight is 401 g/mol. The summed E-state index contributed by atoms with van der Waals surface area (Å²) in [5, 5.41) is 6.63. The summed E-state index contributed by atoms with van der Waals surface area (Å²) < 4.78 is 5.95. The van der Waals surface area contributed by atoms with Crippen molar-refractivity contribution in [3.05, 3.63) is 35.4 Å². The first kappa shape index (κ1) is 21.6. The van der Waals surface area contributed by atoms with Gasteiger partial charge in [-0.15, -0.1) is 0 Å². The number of aliphatic imine (C=N–C) groups is 1. The molecule has 0 radical (unpaired) electrons. The summed E-state index contributed by atoms with van der Waals surface area (Å²) >= 11 is 0. The number of ether oxygens (including phenoxy) is 1. The Balaban J connectivity index is 1.22. The lowest BCUT2D eigenvalue weighted by molar-refractivity contribution is -0.131. The molecule has 0 bridgehead atoms. The molecule has 1 aromatic rings. The lowest BCUT2D eigenvalue weighted by Gasteiger charge is -2.22. The zero-order valence-corrected chi connectivity index (χ0v) is 17.8. The molecule has 0 spiro atoms. The molecule has 160 valence electrons. The zero-order chi connectivity index (χ0) is 20.3. The fourth-order valence-electron chi connectivity index (χ4n) is 4.10. The maximum Gasteiger partial charge on any atom is 0.223 e. The normalized spacial score (nSPS) is 17.3. The molecule has 1 aromatic carbocycles. The molecule has 2 aliphatic rings. The van der Waals surface area contributed by atoms with Gasteiger partial charge in [-0.1, -0.05) is 43.5 Å². The van der Waals surface area contributed by atoms with E-state index in [1.807, 2.05) is 17.0 Å². The number of amides is 1. The molecule has 6 heteroatoms. The number of carbonyl (C=O) groups is 1. The van der Waals surface area contributed by atoms with Gasteiger partial charge in [0.15, 0.2) is 5.96 Å². The third-order valence-electron chi connectivity index (χ3n) is 5.80. The van der Waals surface area contributed by atoms with Gasteiger partial charge in [0.2, 0.25) is 5.91 Å². The highest BCUT2D eigenvalue weighted by atomic mass is 16.5. The van der Waals surface area contributed by atoms with Gasteiger partial charge in [0.05, 0.1) is 6.10 Å². The number of nitrogens with zero attached hydrogens (tertiary/aromatic N) is 2. The number of nitrogens with one attached hydrogen (secondary N) is 2. The largest absolute Gasteiger partial charge is 0.378 e. The number of rotatable bonds is 9. The van der Waals surface area contributed by atoms with Crippen molar-refractivity contribution in [2.75, 3.05) is 26.7 Å². The van der Waals surface area contributed by atoms with Crippen LogP contribution in [0.15, 0.2) is 29.3 Å². The van der Waals surface area contributed by atoms with Crippen LogP contribution in [0.5, 0.6) is 0 Å². The predicted octanol–water partition coefficient (Wildman–Crippen LogP) is 3.21. The second-order valence-corrected chi connectivity index (χ2v) is 8.03. The molecule has 1 aliphatic carbocycles. The molecule has 0 atom stereocenters. The summed E-state index contributed by atoms with van der Waals surface area (Å²) in [6, 6.07) is 8.30. The lowest BCUT2D eigenvalue weighted by atomic mass is 9.98. The van der Waals surface area contributed by atoms with Gasteiger partial charge in [0.25, 0.3) is 0 Å². The minimum Gasteiger partial charge on any atom is -0.378 e. The van der Waals surface area contributed by atoms with E-state index in [9.17, 15) is 4.79 Å². The standard InChI is InChI=1S/C23H36N4O2/c1-24-23(26-15-8-16-29-21-11-3-2-4-12-21)25-14-7-13-22(28)27-17-19-9-5-6-10-20(19)18-27/h5-6,9-10,21H,2-4,7-8,11-18H2,1H3,(H2,24,25,26). The summed E-state index contributed by atoms with van der Waals surface area (Å²) in [4.78, 5) is 18.6. The summed E-state index contributed by atoms with van der Waals surface area (Å²) in [5.74, 6) is 1.02. The van der Waals surface area contributed by atoms with Crippen LogP contribution in [0.1, 0.15) is 62.5 Å². The van der Waals surface area contributed by atoms with Crippen LogP contribution in [-0.4, -0.2) is 49.6 Å². The first-order valence-corrected chi connectivity index (χ1v) is 11.2. The highest BCUT2D eigenvalue weighted by Crippen LogP contribution is 2.23. The summed E-state index contributed by atoms with van der Waals surface area (Å²) in [7, 11) is 1.78. The molecule has 0 unspecified atom stereocenters. The molecule has 2 N–H and O–H groups in total. The van der Waals surface area contributed by atoms with Crippen molar-refractivity contribution < 1.29 is 9.53 Å². The van der Waals surface area contributed by atoms with Crippen molar-refractivity contribution in [1.29, 1.82) is 0 Å². The van der Waals surface area contributed by atoms with Crippen LogP contribution in [0, 0.1) is 0 Å². The Morgan fingerprint density at radius 3 is 2.38 bits per heavy atom. The predicted molar refractivity (Wildman–Crippen MR) is 117 cm³/mol. The van der Waals surface area contributed by atoms with Gasteiger partial charge in [0.1, 0.15) is 0 Å². The number of hydrogen-bond donors (Lipinski definition) is 2. The van der Waals surface area contributed by atoms with Crippen LogP contribution in [0.25, 0.3) is 0 Å². The van der Waals surface area contributed by atoms with E-state index >= 15 is 0 Å². The second-order valence-electron chi connectivity index (χ2n) is 8.03. The highest BCUT2D eigenvalue weighted by molar-refractivity contribution is 5.80. The molecule has 1 amide bonds. The number of hydrogen-bond acceptors (Lipinski definition) is 3. The fraction of sp³-hybridized carbons (Fsp3) is 0.652. The monoisotopic (exact) mass is 400 g/mol. The van der Waals surface area contributed by atoms with Crippen molar-refractivity contribution in [2.24, 2.45) is 4.99 Å². The number of benzene rings is 1. The fourth-order valence-corrected chi connectivity index (χ4v) is 4.10. The minimum absolute atomic E-state index is 0.228. The first-order valence-electron chi connectivity index (χ1n) is 11.2. The smallest absolute Gasteiger partial charge is 0.223 e. The third-order valence-corrected chi connectivity index (χ3v) is 5.80. The second kappa shape index (κ2) is 11.8. The van der Waals surface area contributed by atoms with Crippen LogP contribution in [0.2, 0.25) is 0 Å². The number of carbonyl (C=O) groups excluding carboxylic acids is 1. The van der Waals surface area contributed by atoms with E-state index in [0.29, 0.717) is 12.5 Å². The Morgan fingerprint density at radius 2 is 1.72 bits per heavy atom. The average Bonchev–Trinajstić information content (AvgIpc) is 3.20. The Kier molecular flexibility index (Phi) is 8.81. The molecule has 0 aromatic heterocycles. The van der Waals surface area contributed by atoms with E-state index in [1.165, 1.54) is 43.2 Å². The molecule has 1 fully saturated rings. The van der Waals surface area contributed by atoms with Gasteiger partial charge in [-0.05, 0) is 36.8 Å². The minimum atomic E-state index is 0.228. The van der Waals surface area contributed by atoms with Crippen molar-refractivity contribution in [1.82, 2.24) is 15.5 Å². The molecular weight excluding hydrogens is 364 g/mol. The Hall–Kier alpha value is -2.08. The van der Waals surface area contributed by atoms with E-state index in [4.69, 9.17) is 4.74 Å². The zero-order valence-electron chi connectivity index (χ0n) is 17.8. The van der Waals surface area contributed by atoms with Gasteiger partial charge in [-0.2, -0.15) is 0 Å². The highest BCUT2D eigenvalue weighted by Gasteiger charge is 2.22. The molecule has 6 nitrogen and oxygen atoms in total. The summed E-state index contributed by atoms with van der Waals surface area (Å²) in [5.41, 5.74) is 2.55. The van der Waals surface area contributed by atoms with Crippen molar-refractivity contribution >= 4 is 11.9 Å². The van der Waals surface area contributed by atoms with E-state index in [0.717, 1.165) is 51.6 Å². The molecule has 1 saturated carbocycles. The van der Waals surface area contributed by atoms with Gasteiger partial charge in [-0.25, -0.2) is 0 Å². The first-order chi connectivity index (χ1) is 14.3. The summed E-state index contributed by atoms with van der Waals surface area (Å²) in [6.07, 6.45) is 9.25. The molecule has 1 aliphatic heterocycles. The van der Waals surface area contributed by atoms with E-state index in [2.05, 4.69) is 27.8 Å². The van der Waals surface area contributed by atoms with Crippen molar-refractivity contribution in [3.63, 3.8) is 0 Å². The Morgan fingerprint density at radius 1 is 1.07 bits per heavy atom. The van der Waals surface area contributed by atoms with Crippen LogP contribution >= 0.6 is 0 Å². The lowest BCUT2D eigenvalue weighted by Crippen LogP contribution is -2.39. The van der Waals surface area contributed by atoms with Crippen molar-refractivity contribution in [2.45, 2.75) is 70.6 Å². The molecule has 3 rings (SSSR count). The molecule has 29 heavy (non-hydrogen) atoms. The van der Waals surface area contributed by atoms with Gasteiger partial charge < -0.3 is 20.3 Å². The summed E-state index contributed by atoms with van der Waals surface area (Å²) in [6.45, 7) is 3.88. The maximum absolute atomic E-state index is 12.4. The third kappa shape index (κ3) is 7.03.